The first kappa shape index (κ1) is 25.5. The van der Waals surface area contributed by atoms with Crippen LogP contribution in [0.3, 0.4) is 0 Å². The highest BCUT2D eigenvalue weighted by molar-refractivity contribution is 7.89. The summed E-state index contributed by atoms with van der Waals surface area (Å²) in [6.07, 6.45) is -4.60. The van der Waals surface area contributed by atoms with Gasteiger partial charge in [0.1, 0.15) is 17.4 Å². The summed E-state index contributed by atoms with van der Waals surface area (Å²) in [7, 11) is -4.47. The van der Waals surface area contributed by atoms with Crippen LogP contribution < -0.4 is 4.74 Å². The second kappa shape index (κ2) is 9.60. The fourth-order valence-corrected chi connectivity index (χ4v) is 5.35. The maximum absolute atomic E-state index is 13.1. The quantitative estimate of drug-likeness (QED) is 0.600. The number of nitrogens with zero attached hydrogens (tertiary/aromatic N) is 3. The number of alkyl halides is 3. The maximum atomic E-state index is 13.1. The Bertz CT molecular complexity index is 1250. The first-order chi connectivity index (χ1) is 15.9. The Morgan fingerprint density at radius 1 is 1.21 bits per heavy atom. The number of benzene rings is 2. The molecule has 8 nitrogen and oxygen atoms in total. The highest BCUT2D eigenvalue weighted by atomic mass is 32.2. The van der Waals surface area contributed by atoms with Crippen molar-refractivity contribution in [3.63, 3.8) is 0 Å². The minimum Gasteiger partial charge on any atom is -0.493 e. The average Bonchev–Trinajstić information content (AvgIpc) is 3.15. The molecule has 0 amide bonds. The molecule has 0 saturated carbocycles. The number of hydrogen-bond acceptors (Lipinski definition) is 7. The van der Waals surface area contributed by atoms with Crippen molar-refractivity contribution < 1.29 is 36.5 Å². The predicted molar refractivity (Wildman–Crippen MR) is 112 cm³/mol. The van der Waals surface area contributed by atoms with Crippen LogP contribution in [-0.2, 0) is 22.6 Å². The number of ether oxygens (including phenoxy) is 1. The molecule has 0 aromatic heterocycles. The molecular formula is C22H20F3N3O5S. The molecule has 2 aromatic carbocycles. The van der Waals surface area contributed by atoms with E-state index in [1.807, 2.05) is 6.07 Å². The largest absolute Gasteiger partial charge is 0.493 e. The molecule has 0 unspecified atom stereocenters. The van der Waals surface area contributed by atoms with Crippen molar-refractivity contribution >= 4 is 10.0 Å². The van der Waals surface area contributed by atoms with E-state index in [-0.39, 0.29) is 19.6 Å². The van der Waals surface area contributed by atoms with Crippen molar-refractivity contribution in [2.45, 2.75) is 23.1 Å². The van der Waals surface area contributed by atoms with Crippen LogP contribution >= 0.6 is 0 Å². The fourth-order valence-electron chi connectivity index (χ4n) is 3.68. The van der Waals surface area contributed by atoms with Gasteiger partial charge in [0.25, 0.3) is 0 Å². The summed E-state index contributed by atoms with van der Waals surface area (Å²) in [5.41, 5.74) is -3.03. The van der Waals surface area contributed by atoms with Crippen LogP contribution in [0.4, 0.5) is 13.2 Å². The molecule has 34 heavy (non-hydrogen) atoms. The average molecular weight is 495 g/mol. The van der Waals surface area contributed by atoms with E-state index in [1.165, 1.54) is 6.07 Å². The third kappa shape index (κ3) is 5.16. The molecule has 1 saturated heterocycles. The van der Waals surface area contributed by atoms with Crippen molar-refractivity contribution in [1.29, 1.82) is 10.5 Å². The monoisotopic (exact) mass is 495 g/mol. The van der Waals surface area contributed by atoms with Gasteiger partial charge in [-0.05, 0) is 35.9 Å². The minimum atomic E-state index is -4.76. The van der Waals surface area contributed by atoms with Crippen molar-refractivity contribution in [2.24, 2.45) is 5.92 Å². The van der Waals surface area contributed by atoms with Gasteiger partial charge in [0.2, 0.25) is 10.0 Å². The molecule has 2 aromatic rings. The lowest BCUT2D eigenvalue weighted by Gasteiger charge is -2.26. The summed E-state index contributed by atoms with van der Waals surface area (Å²) >= 11 is 0. The molecule has 1 heterocycles. The highest BCUT2D eigenvalue weighted by Gasteiger charge is 2.49. The van der Waals surface area contributed by atoms with Crippen molar-refractivity contribution in [2.75, 3.05) is 26.3 Å². The zero-order valence-corrected chi connectivity index (χ0v) is 18.5. The molecule has 12 heteroatoms. The Morgan fingerprint density at radius 2 is 1.94 bits per heavy atom. The van der Waals surface area contributed by atoms with Gasteiger partial charge in [-0.15, -0.1) is 0 Å². The van der Waals surface area contributed by atoms with E-state index in [0.29, 0.717) is 29.5 Å². The maximum Gasteiger partial charge on any atom is 0.416 e. The van der Waals surface area contributed by atoms with Crippen LogP contribution in [0.2, 0.25) is 0 Å². The van der Waals surface area contributed by atoms with E-state index in [0.717, 1.165) is 4.31 Å². The summed E-state index contributed by atoms with van der Waals surface area (Å²) in [6.45, 7) is -1.82. The molecule has 180 valence electrons. The van der Waals surface area contributed by atoms with E-state index in [1.54, 1.807) is 24.3 Å². The lowest BCUT2D eigenvalue weighted by molar-refractivity contribution is -0.137. The third-order valence-corrected chi connectivity index (χ3v) is 7.46. The van der Waals surface area contributed by atoms with Crippen LogP contribution in [0.5, 0.6) is 5.75 Å². The summed E-state index contributed by atoms with van der Waals surface area (Å²) in [4.78, 5) is -0.630. The number of aliphatic hydroxyl groups excluding tert-OH is 1. The molecule has 2 N–H and O–H groups in total. The highest BCUT2D eigenvalue weighted by Crippen LogP contribution is 2.35. The third-order valence-electron chi connectivity index (χ3n) is 5.59. The van der Waals surface area contributed by atoms with Gasteiger partial charge >= 0.3 is 6.18 Å². The van der Waals surface area contributed by atoms with Crippen LogP contribution in [-0.4, -0.2) is 54.8 Å². The van der Waals surface area contributed by atoms with Gasteiger partial charge in [-0.1, -0.05) is 12.1 Å². The molecule has 0 aliphatic carbocycles. The van der Waals surface area contributed by atoms with Crippen LogP contribution in [0.1, 0.15) is 16.7 Å². The molecule has 1 fully saturated rings. The zero-order valence-electron chi connectivity index (χ0n) is 17.7. The topological polar surface area (TPSA) is 135 Å². The molecule has 1 aliphatic heterocycles. The number of hydrogen-bond donors (Lipinski definition) is 2. The van der Waals surface area contributed by atoms with E-state index >= 15 is 0 Å². The van der Waals surface area contributed by atoms with E-state index in [4.69, 9.17) is 10.00 Å². The van der Waals surface area contributed by atoms with Gasteiger partial charge in [-0.3, -0.25) is 0 Å². The summed E-state index contributed by atoms with van der Waals surface area (Å²) < 4.78 is 71.7. The van der Waals surface area contributed by atoms with E-state index in [2.05, 4.69) is 0 Å². The predicted octanol–water partition coefficient (Wildman–Crippen LogP) is 2.07. The Kier molecular flexibility index (Phi) is 7.19. The summed E-state index contributed by atoms with van der Waals surface area (Å²) in [5.74, 6) is -0.504. The second-order valence-electron chi connectivity index (χ2n) is 7.87. The zero-order chi connectivity index (χ0) is 25.1. The summed E-state index contributed by atoms with van der Waals surface area (Å²) in [5, 5.41) is 38.7. The number of rotatable bonds is 7. The molecular weight excluding hydrogens is 475 g/mol. The molecule has 0 radical (unpaired) electrons. The first-order valence-corrected chi connectivity index (χ1v) is 11.4. The van der Waals surface area contributed by atoms with Gasteiger partial charge in [0, 0.05) is 19.0 Å². The summed E-state index contributed by atoms with van der Waals surface area (Å²) in [6, 6.07) is 11.8. The Morgan fingerprint density at radius 3 is 2.56 bits per heavy atom. The lowest BCUT2D eigenvalue weighted by atomic mass is 9.92. The number of sulfonamides is 1. The number of nitriles is 2. The molecule has 0 spiro atoms. The smallest absolute Gasteiger partial charge is 0.416 e. The number of halogens is 3. The van der Waals surface area contributed by atoms with E-state index in [9.17, 15) is 37.1 Å². The van der Waals surface area contributed by atoms with Crippen molar-refractivity contribution in [3.8, 4) is 17.9 Å². The standard InChI is InChI=1S/C22H20F3N3O5S/c23-22(24,25)17-4-5-20(16(9-17)10-27)34(31,32)28-11-18(21(30,13-28)14-29)12-33-19-3-1-2-15(8-19)6-7-26/h1-5,8-9,18,29-30H,6,11-14H2/t18-,21-/m1/s1. The van der Waals surface area contributed by atoms with Crippen LogP contribution in [0.25, 0.3) is 0 Å². The Labute approximate surface area is 194 Å². The fraction of sp³-hybridized carbons (Fsp3) is 0.364. The molecule has 1 aliphatic rings. The molecule has 3 rings (SSSR count). The molecule has 0 bridgehead atoms. The Balaban J connectivity index is 1.84. The Hall–Kier alpha value is -3.16. The van der Waals surface area contributed by atoms with E-state index < -0.39 is 56.9 Å². The van der Waals surface area contributed by atoms with Crippen LogP contribution in [0.15, 0.2) is 47.4 Å². The normalized spacial score (nSPS) is 21.1. The first-order valence-electron chi connectivity index (χ1n) is 9.98. The van der Waals surface area contributed by atoms with Gasteiger partial charge in [0.05, 0.1) is 41.7 Å². The van der Waals surface area contributed by atoms with Crippen molar-refractivity contribution in [1.82, 2.24) is 4.31 Å². The van der Waals surface area contributed by atoms with Gasteiger partial charge in [0.15, 0.2) is 0 Å². The molecule has 2 atom stereocenters. The minimum absolute atomic E-state index is 0.154. The second-order valence-corrected chi connectivity index (χ2v) is 9.78. The number of β-amino-alcohol motifs (C(OH)–C–C–N with tert-alkyl or cyclic N) is 1. The lowest BCUT2D eigenvalue weighted by Crippen LogP contribution is -2.44. The van der Waals surface area contributed by atoms with Gasteiger partial charge in [-0.2, -0.15) is 28.0 Å². The SMILES string of the molecule is N#CCc1cccc(OC[C@H]2CN(S(=O)(=O)c3ccc(C(F)(F)F)cc3C#N)C[C@@]2(O)CO)c1. The van der Waals surface area contributed by atoms with Crippen molar-refractivity contribution in [3.05, 3.63) is 59.2 Å². The van der Waals surface area contributed by atoms with Crippen LogP contribution in [0, 0.1) is 28.6 Å². The van der Waals surface area contributed by atoms with Gasteiger partial charge in [-0.25, -0.2) is 8.42 Å². The van der Waals surface area contributed by atoms with Gasteiger partial charge < -0.3 is 14.9 Å². The number of aliphatic hydroxyl groups is 2.